The highest BCUT2D eigenvalue weighted by atomic mass is 19.1. The molecule has 2 rings (SSSR count). The second kappa shape index (κ2) is 4.16. The maximum Gasteiger partial charge on any atom is 0.267 e. The lowest BCUT2D eigenvalue weighted by atomic mass is 10.2. The van der Waals surface area contributed by atoms with Gasteiger partial charge in [0, 0.05) is 11.4 Å². The summed E-state index contributed by atoms with van der Waals surface area (Å²) >= 11 is 0. The topological polar surface area (TPSA) is 44.9 Å². The number of carbonyl (C=O) groups excluding carboxylic acids is 1. The summed E-state index contributed by atoms with van der Waals surface area (Å²) in [5, 5.41) is 2.73. The van der Waals surface area contributed by atoms with Gasteiger partial charge in [0.05, 0.1) is 5.52 Å². The molecule has 0 fully saturated rings. The summed E-state index contributed by atoms with van der Waals surface area (Å²) in [6.07, 6.45) is 0. The molecule has 0 aliphatic carbocycles. The zero-order valence-corrected chi connectivity index (χ0v) is 9.47. The van der Waals surface area contributed by atoms with Gasteiger partial charge in [0.2, 0.25) is 0 Å². The predicted octanol–water partition coefficient (Wildman–Crippen LogP) is 2.58. The van der Waals surface area contributed by atoms with Crippen molar-refractivity contribution in [2.24, 2.45) is 0 Å². The normalized spacial score (nSPS) is 11.1. The number of aromatic amines is 1. The summed E-state index contributed by atoms with van der Waals surface area (Å²) in [6, 6.07) is 3.34. The molecule has 2 N–H and O–H groups in total. The number of hydrogen-bond donors (Lipinski definition) is 2. The van der Waals surface area contributed by atoms with Gasteiger partial charge in [0.25, 0.3) is 5.91 Å². The van der Waals surface area contributed by atoms with Crippen LogP contribution in [0.15, 0.2) is 18.2 Å². The quantitative estimate of drug-likeness (QED) is 0.829. The Bertz CT molecular complexity index is 536. The van der Waals surface area contributed by atoms with E-state index in [9.17, 15) is 13.6 Å². The van der Waals surface area contributed by atoms with Crippen LogP contribution < -0.4 is 5.32 Å². The van der Waals surface area contributed by atoms with E-state index in [4.69, 9.17) is 0 Å². The molecule has 1 aromatic carbocycles. The minimum absolute atomic E-state index is 0.0129. The number of amides is 1. The van der Waals surface area contributed by atoms with Crippen LogP contribution in [0.5, 0.6) is 0 Å². The van der Waals surface area contributed by atoms with Gasteiger partial charge in [-0.2, -0.15) is 0 Å². The van der Waals surface area contributed by atoms with Gasteiger partial charge in [0.1, 0.15) is 17.3 Å². The Morgan fingerprint density at radius 3 is 2.53 bits per heavy atom. The van der Waals surface area contributed by atoms with Crippen molar-refractivity contribution in [1.29, 1.82) is 0 Å². The Hall–Kier alpha value is -1.91. The Morgan fingerprint density at radius 1 is 1.29 bits per heavy atom. The van der Waals surface area contributed by atoms with Gasteiger partial charge >= 0.3 is 0 Å². The molecule has 17 heavy (non-hydrogen) atoms. The van der Waals surface area contributed by atoms with Crippen molar-refractivity contribution in [2.75, 3.05) is 0 Å². The Kier molecular flexibility index (Phi) is 2.83. The van der Waals surface area contributed by atoms with E-state index < -0.39 is 11.6 Å². The highest BCUT2D eigenvalue weighted by Gasteiger charge is 2.14. The SMILES string of the molecule is CC(C)NC(=O)c1cc2c(F)ccc(F)c2[nH]1. The fraction of sp³-hybridized carbons (Fsp3) is 0.250. The minimum Gasteiger partial charge on any atom is -0.349 e. The molecular weight excluding hydrogens is 226 g/mol. The van der Waals surface area contributed by atoms with Gasteiger partial charge in [-0.3, -0.25) is 4.79 Å². The second-order valence-electron chi connectivity index (χ2n) is 4.13. The van der Waals surface area contributed by atoms with Crippen molar-refractivity contribution in [3.63, 3.8) is 0 Å². The molecule has 0 bridgehead atoms. The minimum atomic E-state index is -0.579. The average molecular weight is 238 g/mol. The van der Waals surface area contributed by atoms with E-state index in [1.54, 1.807) is 0 Å². The van der Waals surface area contributed by atoms with Gasteiger partial charge in [-0.05, 0) is 32.0 Å². The van der Waals surface area contributed by atoms with Crippen LogP contribution in [0.3, 0.4) is 0 Å². The number of carbonyl (C=O) groups is 1. The van der Waals surface area contributed by atoms with Crippen LogP contribution in [0.1, 0.15) is 24.3 Å². The van der Waals surface area contributed by atoms with Gasteiger partial charge in [-0.1, -0.05) is 0 Å². The molecule has 1 aromatic heterocycles. The third-order valence-corrected chi connectivity index (χ3v) is 2.35. The van der Waals surface area contributed by atoms with Gasteiger partial charge in [-0.25, -0.2) is 8.78 Å². The lowest BCUT2D eigenvalue weighted by Crippen LogP contribution is -2.30. The molecule has 0 atom stereocenters. The van der Waals surface area contributed by atoms with Crippen LogP contribution in [0, 0.1) is 11.6 Å². The molecule has 0 unspecified atom stereocenters. The summed E-state index contributed by atoms with van der Waals surface area (Å²) in [6.45, 7) is 3.61. The van der Waals surface area contributed by atoms with Crippen LogP contribution in [-0.4, -0.2) is 16.9 Å². The third kappa shape index (κ3) is 2.13. The first-order valence-electron chi connectivity index (χ1n) is 5.26. The molecule has 2 aromatic rings. The van der Waals surface area contributed by atoms with Crippen molar-refractivity contribution in [3.8, 4) is 0 Å². The zero-order chi connectivity index (χ0) is 12.6. The molecule has 0 spiro atoms. The van der Waals surface area contributed by atoms with Crippen LogP contribution in [0.4, 0.5) is 8.78 Å². The smallest absolute Gasteiger partial charge is 0.267 e. The number of nitrogens with one attached hydrogen (secondary N) is 2. The standard InChI is InChI=1S/C12H12F2N2O/c1-6(2)15-12(17)10-5-7-8(13)3-4-9(14)11(7)16-10/h3-6,16H,1-2H3,(H,15,17). The highest BCUT2D eigenvalue weighted by molar-refractivity contribution is 5.98. The van der Waals surface area contributed by atoms with Crippen molar-refractivity contribution in [3.05, 3.63) is 35.5 Å². The summed E-state index contributed by atoms with van der Waals surface area (Å²) in [5.41, 5.74) is 0.164. The molecule has 90 valence electrons. The third-order valence-electron chi connectivity index (χ3n) is 2.35. The van der Waals surface area contributed by atoms with E-state index in [-0.39, 0.29) is 28.5 Å². The summed E-state index contributed by atoms with van der Waals surface area (Å²) < 4.78 is 26.8. The van der Waals surface area contributed by atoms with Crippen molar-refractivity contribution < 1.29 is 13.6 Å². The molecule has 0 radical (unpaired) electrons. The van der Waals surface area contributed by atoms with E-state index in [2.05, 4.69) is 10.3 Å². The Balaban J connectivity index is 2.48. The molecule has 1 amide bonds. The van der Waals surface area contributed by atoms with Crippen LogP contribution in [0.2, 0.25) is 0 Å². The van der Waals surface area contributed by atoms with Crippen LogP contribution >= 0.6 is 0 Å². The molecule has 3 nitrogen and oxygen atoms in total. The maximum absolute atomic E-state index is 13.4. The molecule has 0 saturated carbocycles. The number of hydrogen-bond acceptors (Lipinski definition) is 1. The lowest BCUT2D eigenvalue weighted by Gasteiger charge is -2.05. The molecule has 0 saturated heterocycles. The summed E-state index contributed by atoms with van der Waals surface area (Å²) in [4.78, 5) is 14.2. The van der Waals surface area contributed by atoms with E-state index in [1.165, 1.54) is 6.07 Å². The molecule has 1 heterocycles. The van der Waals surface area contributed by atoms with E-state index in [0.717, 1.165) is 12.1 Å². The van der Waals surface area contributed by atoms with E-state index in [1.807, 2.05) is 13.8 Å². The van der Waals surface area contributed by atoms with Crippen LogP contribution in [0.25, 0.3) is 10.9 Å². The zero-order valence-electron chi connectivity index (χ0n) is 9.47. The average Bonchev–Trinajstić information content (AvgIpc) is 2.68. The number of halogens is 2. The first-order valence-corrected chi connectivity index (χ1v) is 5.26. The van der Waals surface area contributed by atoms with Gasteiger partial charge < -0.3 is 10.3 Å². The number of fused-ring (bicyclic) bond motifs is 1. The van der Waals surface area contributed by atoms with Crippen molar-refractivity contribution in [2.45, 2.75) is 19.9 Å². The summed E-state index contributed by atoms with van der Waals surface area (Å²) in [7, 11) is 0. The predicted molar refractivity (Wildman–Crippen MR) is 60.8 cm³/mol. The fourth-order valence-electron chi connectivity index (χ4n) is 1.61. The van der Waals surface area contributed by atoms with E-state index in [0.29, 0.717) is 0 Å². The van der Waals surface area contributed by atoms with Crippen LogP contribution in [-0.2, 0) is 0 Å². The van der Waals surface area contributed by atoms with Gasteiger partial charge in [-0.15, -0.1) is 0 Å². The molecule has 0 aliphatic rings. The lowest BCUT2D eigenvalue weighted by molar-refractivity contribution is 0.0939. The van der Waals surface area contributed by atoms with Crippen molar-refractivity contribution >= 4 is 16.8 Å². The highest BCUT2D eigenvalue weighted by Crippen LogP contribution is 2.21. The second-order valence-corrected chi connectivity index (χ2v) is 4.13. The number of aromatic nitrogens is 1. The Labute approximate surface area is 96.8 Å². The Morgan fingerprint density at radius 2 is 1.94 bits per heavy atom. The van der Waals surface area contributed by atoms with Crippen molar-refractivity contribution in [1.82, 2.24) is 10.3 Å². The van der Waals surface area contributed by atoms with E-state index >= 15 is 0 Å². The van der Waals surface area contributed by atoms with Gasteiger partial charge in [0.15, 0.2) is 0 Å². The summed E-state index contributed by atoms with van der Waals surface area (Å²) in [5.74, 6) is -1.51. The molecule has 5 heteroatoms. The monoisotopic (exact) mass is 238 g/mol. The number of H-pyrrole nitrogens is 1. The molecular formula is C12H12F2N2O. The number of rotatable bonds is 2. The number of benzene rings is 1. The largest absolute Gasteiger partial charge is 0.349 e. The first-order chi connectivity index (χ1) is 7.99. The fourth-order valence-corrected chi connectivity index (χ4v) is 1.61. The maximum atomic E-state index is 13.4. The first kappa shape index (κ1) is 11.6. The molecule has 0 aliphatic heterocycles.